The molecule has 1 saturated carbocycles. The first-order valence-electron chi connectivity index (χ1n) is 7.01. The van der Waals surface area contributed by atoms with Crippen LogP contribution in [0, 0.1) is 18.8 Å². The maximum absolute atomic E-state index is 6.41. The fourth-order valence-corrected chi connectivity index (χ4v) is 3.91. The Bertz CT molecular complexity index is 336. The maximum atomic E-state index is 6.41. The van der Waals surface area contributed by atoms with Crippen LogP contribution in [0.15, 0.2) is 11.4 Å². The van der Waals surface area contributed by atoms with E-state index < -0.39 is 0 Å². The van der Waals surface area contributed by atoms with Gasteiger partial charge in [0, 0.05) is 10.9 Å². The molecule has 1 aliphatic carbocycles. The van der Waals surface area contributed by atoms with E-state index >= 15 is 0 Å². The number of hydrogen-bond donors (Lipinski definition) is 1. The van der Waals surface area contributed by atoms with Crippen LogP contribution in [0.25, 0.3) is 0 Å². The molecule has 0 spiro atoms. The highest BCUT2D eigenvalue weighted by Gasteiger charge is 2.26. The average Bonchev–Trinajstić information content (AvgIpc) is 2.76. The summed E-state index contributed by atoms with van der Waals surface area (Å²) < 4.78 is 0. The summed E-state index contributed by atoms with van der Waals surface area (Å²) in [6.45, 7) is 4.46. The summed E-state index contributed by atoms with van der Waals surface area (Å²) in [5.41, 5.74) is 7.78. The lowest BCUT2D eigenvalue weighted by Gasteiger charge is -2.31. The van der Waals surface area contributed by atoms with E-state index in [0.29, 0.717) is 0 Å². The molecule has 1 fully saturated rings. The molecule has 1 heterocycles. The lowest BCUT2D eigenvalue weighted by Crippen LogP contribution is -2.25. The summed E-state index contributed by atoms with van der Waals surface area (Å²) in [6, 6.07) is 2.55. The van der Waals surface area contributed by atoms with Crippen molar-refractivity contribution >= 4 is 11.3 Å². The second-order valence-electron chi connectivity index (χ2n) is 5.59. The molecule has 1 nitrogen and oxygen atoms in total. The first-order valence-corrected chi connectivity index (χ1v) is 7.89. The van der Waals surface area contributed by atoms with Crippen LogP contribution in [0.1, 0.15) is 61.9 Å². The fraction of sp³-hybridized carbons (Fsp3) is 0.733. The predicted molar refractivity (Wildman–Crippen MR) is 76.3 cm³/mol. The topological polar surface area (TPSA) is 26.0 Å². The van der Waals surface area contributed by atoms with Crippen molar-refractivity contribution in [3.63, 3.8) is 0 Å². The molecule has 0 saturated heterocycles. The zero-order valence-corrected chi connectivity index (χ0v) is 11.9. The Morgan fingerprint density at radius 2 is 2.06 bits per heavy atom. The normalized spacial score (nSPS) is 27.0. The SMILES string of the molecule is CCCC1CCC(C(N)c2csc(C)c2)CC1. The number of nitrogens with two attached hydrogens (primary N) is 1. The van der Waals surface area contributed by atoms with E-state index in [1.54, 1.807) is 0 Å². The number of aryl methyl sites for hydroxylation is 1. The van der Waals surface area contributed by atoms with Gasteiger partial charge in [-0.2, -0.15) is 0 Å². The number of rotatable bonds is 4. The minimum atomic E-state index is 0.280. The lowest BCUT2D eigenvalue weighted by molar-refractivity contribution is 0.234. The average molecular weight is 251 g/mol. The Kier molecular flexibility index (Phi) is 4.63. The molecule has 2 N–H and O–H groups in total. The summed E-state index contributed by atoms with van der Waals surface area (Å²) >= 11 is 1.83. The molecule has 0 aromatic carbocycles. The van der Waals surface area contributed by atoms with Gasteiger partial charge in [0.1, 0.15) is 0 Å². The number of hydrogen-bond acceptors (Lipinski definition) is 2. The van der Waals surface area contributed by atoms with Crippen LogP contribution >= 0.6 is 11.3 Å². The zero-order chi connectivity index (χ0) is 12.3. The van der Waals surface area contributed by atoms with E-state index in [1.165, 1.54) is 49.0 Å². The van der Waals surface area contributed by atoms with Gasteiger partial charge in [0.25, 0.3) is 0 Å². The van der Waals surface area contributed by atoms with Gasteiger partial charge in [-0.1, -0.05) is 32.6 Å². The summed E-state index contributed by atoms with van der Waals surface area (Å²) in [5, 5.41) is 2.25. The largest absolute Gasteiger partial charge is 0.324 e. The third kappa shape index (κ3) is 3.32. The third-order valence-corrected chi connectivity index (χ3v) is 5.11. The molecule has 0 aliphatic heterocycles. The van der Waals surface area contributed by atoms with E-state index in [2.05, 4.69) is 25.3 Å². The first-order chi connectivity index (χ1) is 8.20. The summed E-state index contributed by atoms with van der Waals surface area (Å²) in [4.78, 5) is 1.38. The van der Waals surface area contributed by atoms with E-state index in [0.717, 1.165) is 11.8 Å². The minimum Gasteiger partial charge on any atom is -0.324 e. The van der Waals surface area contributed by atoms with Gasteiger partial charge in [-0.05, 0) is 48.6 Å². The van der Waals surface area contributed by atoms with Gasteiger partial charge >= 0.3 is 0 Å². The Balaban J connectivity index is 1.88. The Morgan fingerprint density at radius 3 is 2.59 bits per heavy atom. The van der Waals surface area contributed by atoms with Gasteiger partial charge in [0.05, 0.1) is 0 Å². The monoisotopic (exact) mass is 251 g/mol. The van der Waals surface area contributed by atoms with E-state index in [1.807, 2.05) is 11.3 Å². The molecule has 0 bridgehead atoms. The van der Waals surface area contributed by atoms with Gasteiger partial charge in [0.15, 0.2) is 0 Å². The summed E-state index contributed by atoms with van der Waals surface area (Å²) in [5.74, 6) is 1.70. The van der Waals surface area contributed by atoms with Gasteiger partial charge in [0.2, 0.25) is 0 Å². The van der Waals surface area contributed by atoms with E-state index in [4.69, 9.17) is 5.73 Å². The van der Waals surface area contributed by atoms with Crippen LogP contribution in [0.2, 0.25) is 0 Å². The van der Waals surface area contributed by atoms with E-state index in [9.17, 15) is 0 Å². The van der Waals surface area contributed by atoms with Crippen molar-refractivity contribution < 1.29 is 0 Å². The van der Waals surface area contributed by atoms with Gasteiger partial charge in [-0.25, -0.2) is 0 Å². The van der Waals surface area contributed by atoms with Crippen molar-refractivity contribution in [1.82, 2.24) is 0 Å². The van der Waals surface area contributed by atoms with Crippen LogP contribution in [0.5, 0.6) is 0 Å². The Labute approximate surface area is 109 Å². The van der Waals surface area contributed by atoms with Crippen molar-refractivity contribution in [1.29, 1.82) is 0 Å². The Morgan fingerprint density at radius 1 is 1.35 bits per heavy atom. The molecular formula is C15H25NS. The van der Waals surface area contributed by atoms with Crippen molar-refractivity contribution in [2.24, 2.45) is 17.6 Å². The van der Waals surface area contributed by atoms with E-state index in [-0.39, 0.29) is 6.04 Å². The zero-order valence-electron chi connectivity index (χ0n) is 11.1. The summed E-state index contributed by atoms with van der Waals surface area (Å²) in [6.07, 6.45) is 8.22. The molecule has 2 heteroatoms. The van der Waals surface area contributed by atoms with Gasteiger partial charge in [-0.15, -0.1) is 11.3 Å². The quantitative estimate of drug-likeness (QED) is 0.827. The van der Waals surface area contributed by atoms with Crippen molar-refractivity contribution in [3.05, 3.63) is 21.9 Å². The number of thiophene rings is 1. The predicted octanol–water partition coefficient (Wildman–Crippen LogP) is 4.66. The minimum absolute atomic E-state index is 0.280. The molecular weight excluding hydrogens is 226 g/mol. The highest BCUT2D eigenvalue weighted by atomic mass is 32.1. The highest BCUT2D eigenvalue weighted by molar-refractivity contribution is 7.10. The van der Waals surface area contributed by atoms with Gasteiger partial charge in [-0.3, -0.25) is 0 Å². The third-order valence-electron chi connectivity index (χ3n) is 4.23. The van der Waals surface area contributed by atoms with Crippen LogP contribution in [-0.4, -0.2) is 0 Å². The lowest BCUT2D eigenvalue weighted by atomic mass is 9.76. The highest BCUT2D eigenvalue weighted by Crippen LogP contribution is 2.38. The van der Waals surface area contributed by atoms with Gasteiger partial charge < -0.3 is 5.73 Å². The van der Waals surface area contributed by atoms with Crippen LogP contribution in [-0.2, 0) is 0 Å². The molecule has 1 aromatic heterocycles. The smallest absolute Gasteiger partial charge is 0.0331 e. The molecule has 96 valence electrons. The molecule has 0 amide bonds. The van der Waals surface area contributed by atoms with Crippen LogP contribution < -0.4 is 5.73 Å². The molecule has 1 atom stereocenters. The maximum Gasteiger partial charge on any atom is 0.0331 e. The van der Waals surface area contributed by atoms with Crippen molar-refractivity contribution in [3.8, 4) is 0 Å². The second-order valence-corrected chi connectivity index (χ2v) is 6.70. The molecule has 2 rings (SSSR count). The summed E-state index contributed by atoms with van der Waals surface area (Å²) in [7, 11) is 0. The Hall–Kier alpha value is -0.340. The van der Waals surface area contributed by atoms with Crippen LogP contribution in [0.4, 0.5) is 0 Å². The van der Waals surface area contributed by atoms with Crippen molar-refractivity contribution in [2.45, 2.75) is 58.4 Å². The second kappa shape index (κ2) is 6.01. The standard InChI is InChI=1S/C15H25NS/c1-3-4-12-5-7-13(8-6-12)15(16)14-9-11(2)17-10-14/h9-10,12-13,15H,3-8,16H2,1-2H3. The van der Waals surface area contributed by atoms with Crippen LogP contribution in [0.3, 0.4) is 0 Å². The molecule has 0 radical (unpaired) electrons. The fourth-order valence-electron chi connectivity index (χ4n) is 3.15. The molecule has 1 aliphatic rings. The first kappa shape index (κ1) is 13.1. The van der Waals surface area contributed by atoms with Crippen molar-refractivity contribution in [2.75, 3.05) is 0 Å². The molecule has 17 heavy (non-hydrogen) atoms. The molecule has 1 aromatic rings. The molecule has 1 unspecified atom stereocenters.